The van der Waals surface area contributed by atoms with Gasteiger partial charge in [0.05, 0.1) is 29.6 Å². The number of anilines is 1. The molecule has 3 rings (SSSR count). The van der Waals surface area contributed by atoms with Crippen LogP contribution in [-0.4, -0.2) is 15.5 Å². The molecule has 0 radical (unpaired) electrons. The Bertz CT molecular complexity index is 956. The maximum Gasteiger partial charge on any atom is 0.193 e. The minimum absolute atomic E-state index is 0.190. The maximum atomic E-state index is 6.38. The topological polar surface area (TPSA) is 68.2 Å². The van der Waals surface area contributed by atoms with Gasteiger partial charge in [-0.3, -0.25) is 0 Å². The molecule has 27 heavy (non-hydrogen) atoms. The molecule has 1 unspecified atom stereocenters. The van der Waals surface area contributed by atoms with Crippen molar-refractivity contribution in [2.24, 2.45) is 10.7 Å². The third-order valence-corrected chi connectivity index (χ3v) is 4.86. The van der Waals surface area contributed by atoms with Gasteiger partial charge < -0.3 is 15.6 Å². The number of aromatic nitrogens is 2. The van der Waals surface area contributed by atoms with E-state index in [-0.39, 0.29) is 12.0 Å². The zero-order valence-electron chi connectivity index (χ0n) is 13.9. The van der Waals surface area contributed by atoms with Gasteiger partial charge in [-0.25, -0.2) is 9.98 Å². The Morgan fingerprint density at radius 2 is 1.78 bits per heavy atom. The first-order valence-corrected chi connectivity index (χ1v) is 9.39. The quantitative estimate of drug-likeness (QED) is 0.395. The van der Waals surface area contributed by atoms with E-state index in [2.05, 4.69) is 15.3 Å². The molecular weight excluding hydrogens is 428 g/mol. The summed E-state index contributed by atoms with van der Waals surface area (Å²) >= 11 is 24.5. The summed E-state index contributed by atoms with van der Waals surface area (Å²) in [4.78, 5) is 8.64. The molecule has 0 saturated heterocycles. The average molecular weight is 443 g/mol. The Morgan fingerprint density at radius 3 is 2.41 bits per heavy atom. The fourth-order valence-corrected chi connectivity index (χ4v) is 3.49. The number of hydrogen-bond acceptors (Lipinski definition) is 2. The van der Waals surface area contributed by atoms with Gasteiger partial charge in [0, 0.05) is 27.5 Å². The molecular formula is C18H15Cl4N5. The monoisotopic (exact) mass is 441 g/mol. The number of aliphatic imine (C=N–C) groups is 1. The lowest BCUT2D eigenvalue weighted by molar-refractivity contribution is 0.578. The highest BCUT2D eigenvalue weighted by Gasteiger charge is 2.16. The molecule has 0 fully saturated rings. The van der Waals surface area contributed by atoms with Crippen LogP contribution in [-0.2, 0) is 6.54 Å². The van der Waals surface area contributed by atoms with Crippen molar-refractivity contribution in [1.82, 2.24) is 9.55 Å². The summed E-state index contributed by atoms with van der Waals surface area (Å²) in [6.07, 6.45) is 5.23. The molecule has 1 heterocycles. The molecule has 0 bridgehead atoms. The van der Waals surface area contributed by atoms with Crippen LogP contribution in [0.1, 0.15) is 11.6 Å². The number of nitrogens with zero attached hydrogens (tertiary/aromatic N) is 3. The fraction of sp³-hybridized carbons (Fsp3) is 0.111. The van der Waals surface area contributed by atoms with Crippen LogP contribution in [0, 0.1) is 0 Å². The van der Waals surface area contributed by atoms with E-state index in [0.717, 1.165) is 5.56 Å². The zero-order chi connectivity index (χ0) is 19.4. The van der Waals surface area contributed by atoms with E-state index in [4.69, 9.17) is 52.1 Å². The highest BCUT2D eigenvalue weighted by atomic mass is 35.5. The van der Waals surface area contributed by atoms with Crippen molar-refractivity contribution in [3.05, 3.63) is 80.8 Å². The molecule has 1 atom stereocenters. The molecule has 2 aromatic carbocycles. The molecule has 9 heteroatoms. The van der Waals surface area contributed by atoms with E-state index in [1.54, 1.807) is 42.9 Å². The van der Waals surface area contributed by atoms with Crippen molar-refractivity contribution >= 4 is 58.1 Å². The van der Waals surface area contributed by atoms with Crippen LogP contribution in [0.5, 0.6) is 0 Å². The molecule has 3 aromatic rings. The number of hydrogen-bond donors (Lipinski definition) is 2. The second-order valence-corrected chi connectivity index (χ2v) is 7.39. The molecule has 0 saturated carbocycles. The Labute approximate surface area is 176 Å². The Morgan fingerprint density at radius 1 is 1.07 bits per heavy atom. The molecule has 1 aromatic heterocycles. The zero-order valence-corrected chi connectivity index (χ0v) is 16.9. The van der Waals surface area contributed by atoms with Crippen molar-refractivity contribution in [2.75, 3.05) is 5.32 Å². The SMILES string of the molecule is NC(=NC(Cn1ccnc1)c1ccc(Cl)cc1Cl)Nc1ccc(Cl)cc1Cl. The normalized spacial score (nSPS) is 12.8. The summed E-state index contributed by atoms with van der Waals surface area (Å²) in [6, 6.07) is 9.97. The number of benzene rings is 2. The predicted molar refractivity (Wildman–Crippen MR) is 113 cm³/mol. The first-order valence-electron chi connectivity index (χ1n) is 7.88. The lowest BCUT2D eigenvalue weighted by atomic mass is 10.1. The first-order chi connectivity index (χ1) is 12.9. The van der Waals surface area contributed by atoms with Crippen LogP contribution in [0.2, 0.25) is 20.1 Å². The van der Waals surface area contributed by atoms with E-state index >= 15 is 0 Å². The summed E-state index contributed by atoms with van der Waals surface area (Å²) in [5.41, 5.74) is 7.51. The van der Waals surface area contributed by atoms with E-state index < -0.39 is 0 Å². The van der Waals surface area contributed by atoms with Crippen LogP contribution in [0.3, 0.4) is 0 Å². The Hall–Kier alpha value is -1.92. The molecule has 5 nitrogen and oxygen atoms in total. The third kappa shape index (κ3) is 5.30. The van der Waals surface area contributed by atoms with Gasteiger partial charge in [-0.05, 0) is 35.9 Å². The molecule has 140 valence electrons. The number of halogens is 4. The van der Waals surface area contributed by atoms with Crippen LogP contribution < -0.4 is 11.1 Å². The average Bonchev–Trinajstić information content (AvgIpc) is 3.10. The third-order valence-electron chi connectivity index (χ3n) is 3.75. The van der Waals surface area contributed by atoms with Crippen molar-refractivity contribution in [3.63, 3.8) is 0 Å². The molecule has 0 aliphatic carbocycles. The Balaban J connectivity index is 1.90. The smallest absolute Gasteiger partial charge is 0.193 e. The fourth-order valence-electron chi connectivity index (χ4n) is 2.50. The number of rotatable bonds is 5. The molecule has 0 aliphatic rings. The van der Waals surface area contributed by atoms with Crippen LogP contribution in [0.25, 0.3) is 0 Å². The van der Waals surface area contributed by atoms with E-state index in [1.165, 1.54) is 0 Å². The minimum Gasteiger partial charge on any atom is -0.370 e. The van der Waals surface area contributed by atoms with Gasteiger partial charge >= 0.3 is 0 Å². The van der Waals surface area contributed by atoms with Crippen molar-refractivity contribution in [3.8, 4) is 0 Å². The standard InChI is InChI=1S/C18H15Cl4N5/c19-11-1-3-13(14(21)7-11)17(9-27-6-5-24-10-27)26-18(23)25-16-4-2-12(20)8-15(16)22/h1-8,10,17H,9H2,(H3,23,25,26). The van der Waals surface area contributed by atoms with Gasteiger partial charge in [0.2, 0.25) is 0 Å². The van der Waals surface area contributed by atoms with Gasteiger partial charge in [-0.1, -0.05) is 52.5 Å². The van der Waals surface area contributed by atoms with Gasteiger partial charge in [0.1, 0.15) is 0 Å². The lowest BCUT2D eigenvalue weighted by Gasteiger charge is -2.17. The van der Waals surface area contributed by atoms with Crippen molar-refractivity contribution < 1.29 is 0 Å². The number of guanidine groups is 1. The van der Waals surface area contributed by atoms with Crippen LogP contribution in [0.15, 0.2) is 60.1 Å². The van der Waals surface area contributed by atoms with Crippen LogP contribution in [0.4, 0.5) is 5.69 Å². The number of nitrogens with one attached hydrogen (secondary N) is 1. The Kier molecular flexibility index (Phi) is 6.50. The summed E-state index contributed by atoms with van der Waals surface area (Å²) in [5.74, 6) is 0.190. The molecule has 0 spiro atoms. The summed E-state index contributed by atoms with van der Waals surface area (Å²) in [5, 5.41) is 5.02. The highest BCUT2D eigenvalue weighted by molar-refractivity contribution is 6.36. The van der Waals surface area contributed by atoms with Gasteiger partial charge in [0.15, 0.2) is 5.96 Å². The van der Waals surface area contributed by atoms with E-state index in [0.29, 0.717) is 32.3 Å². The minimum atomic E-state index is -0.359. The molecule has 0 aliphatic heterocycles. The molecule has 3 N–H and O–H groups in total. The summed E-state index contributed by atoms with van der Waals surface area (Å²) < 4.78 is 1.89. The van der Waals surface area contributed by atoms with Gasteiger partial charge in [-0.2, -0.15) is 0 Å². The largest absolute Gasteiger partial charge is 0.370 e. The van der Waals surface area contributed by atoms with E-state index in [1.807, 2.05) is 16.8 Å². The second-order valence-electron chi connectivity index (χ2n) is 5.70. The van der Waals surface area contributed by atoms with Gasteiger partial charge in [0.25, 0.3) is 0 Å². The first kappa shape index (κ1) is 19.8. The lowest BCUT2D eigenvalue weighted by Crippen LogP contribution is -2.24. The summed E-state index contributed by atoms with van der Waals surface area (Å²) in [7, 11) is 0. The summed E-state index contributed by atoms with van der Waals surface area (Å²) in [6.45, 7) is 0.498. The number of imidazole rings is 1. The van der Waals surface area contributed by atoms with Crippen molar-refractivity contribution in [2.45, 2.75) is 12.6 Å². The van der Waals surface area contributed by atoms with Gasteiger partial charge in [-0.15, -0.1) is 0 Å². The second kappa shape index (κ2) is 8.85. The predicted octanol–water partition coefficient (Wildman–Crippen LogP) is 5.66. The van der Waals surface area contributed by atoms with Crippen molar-refractivity contribution in [1.29, 1.82) is 0 Å². The number of nitrogens with two attached hydrogens (primary N) is 1. The highest BCUT2D eigenvalue weighted by Crippen LogP contribution is 2.30. The maximum absolute atomic E-state index is 6.38. The molecule has 0 amide bonds. The van der Waals surface area contributed by atoms with Crippen LogP contribution >= 0.6 is 46.4 Å². The van der Waals surface area contributed by atoms with E-state index in [9.17, 15) is 0 Å².